The summed E-state index contributed by atoms with van der Waals surface area (Å²) in [6.45, 7) is 9.97. The normalized spacial score (nSPS) is 42.7. The third-order valence-corrected chi connectivity index (χ3v) is 10.4. The molecule has 1 aromatic heterocycles. The van der Waals surface area contributed by atoms with Crippen molar-refractivity contribution in [3.8, 4) is 0 Å². The van der Waals surface area contributed by atoms with Crippen LogP contribution in [0.3, 0.4) is 0 Å². The summed E-state index contributed by atoms with van der Waals surface area (Å²) in [5.41, 5.74) is -5.12. The van der Waals surface area contributed by atoms with Crippen molar-refractivity contribution >= 4 is 23.7 Å². The van der Waals surface area contributed by atoms with Crippen LogP contribution in [-0.2, 0) is 33.4 Å². The number of hydrogen-bond acceptors (Lipinski definition) is 9. The Morgan fingerprint density at radius 3 is 2.45 bits per heavy atom. The first-order valence-electron chi connectivity index (χ1n) is 13.1. The monoisotopic (exact) mass is 532 g/mol. The van der Waals surface area contributed by atoms with E-state index in [1.807, 2.05) is 13.8 Å². The fourth-order valence-corrected chi connectivity index (χ4v) is 8.86. The second-order valence-corrected chi connectivity index (χ2v) is 12.7. The zero-order valence-corrected chi connectivity index (χ0v) is 22.6. The number of carboxylic acids is 1. The summed E-state index contributed by atoms with van der Waals surface area (Å²) in [6, 6.07) is 1.73. The van der Waals surface area contributed by atoms with Crippen LogP contribution in [0.2, 0.25) is 0 Å². The smallest absolute Gasteiger partial charge is 0.339 e. The number of fused-ring (bicyclic) bond motifs is 1. The number of aliphatic carboxylic acids is 1. The van der Waals surface area contributed by atoms with Gasteiger partial charge in [0.25, 0.3) is 0 Å². The highest BCUT2D eigenvalue weighted by atomic mass is 16.7. The number of carbonyl (C=O) groups is 4. The maximum absolute atomic E-state index is 14.3. The van der Waals surface area contributed by atoms with Crippen molar-refractivity contribution < 1.29 is 48.0 Å². The Bertz CT molecular complexity index is 1170. The highest BCUT2D eigenvalue weighted by Gasteiger charge is 2.88. The Morgan fingerprint density at radius 2 is 1.89 bits per heavy atom. The van der Waals surface area contributed by atoms with E-state index in [4.69, 9.17) is 18.6 Å². The van der Waals surface area contributed by atoms with Crippen LogP contribution in [0, 0.1) is 28.1 Å². The number of Topliss-reactive ketones (excluding diaryl/α,β-unsaturated/α-hetero) is 1. The maximum Gasteiger partial charge on any atom is 0.339 e. The van der Waals surface area contributed by atoms with Gasteiger partial charge in [0.2, 0.25) is 0 Å². The number of cyclic esters (lactones) is 1. The third-order valence-electron chi connectivity index (χ3n) is 10.4. The van der Waals surface area contributed by atoms with Crippen LogP contribution in [-0.4, -0.2) is 57.3 Å². The molecule has 5 rings (SSSR count). The lowest BCUT2D eigenvalue weighted by Gasteiger charge is -2.66. The van der Waals surface area contributed by atoms with Crippen LogP contribution in [0.1, 0.15) is 78.9 Å². The maximum atomic E-state index is 14.3. The number of ether oxygens (including phenoxy) is 3. The summed E-state index contributed by atoms with van der Waals surface area (Å²) in [5, 5.41) is 21.1. The van der Waals surface area contributed by atoms with Crippen molar-refractivity contribution in [3.05, 3.63) is 24.2 Å². The van der Waals surface area contributed by atoms with Crippen molar-refractivity contribution in [1.29, 1.82) is 0 Å². The second-order valence-electron chi connectivity index (χ2n) is 12.7. The van der Waals surface area contributed by atoms with Crippen molar-refractivity contribution in [3.63, 3.8) is 0 Å². The molecule has 2 saturated carbocycles. The number of furan rings is 1. The van der Waals surface area contributed by atoms with Crippen LogP contribution in [0.25, 0.3) is 0 Å². The minimum atomic E-state index is -1.39. The van der Waals surface area contributed by atoms with E-state index in [0.717, 1.165) is 0 Å². The van der Waals surface area contributed by atoms with E-state index < -0.39 is 81.9 Å². The number of carbonyl (C=O) groups excluding carboxylic acids is 3. The molecule has 2 N–H and O–H groups in total. The fourth-order valence-electron chi connectivity index (χ4n) is 8.86. The third kappa shape index (κ3) is 3.25. The van der Waals surface area contributed by atoms with Gasteiger partial charge in [0, 0.05) is 35.7 Å². The zero-order valence-electron chi connectivity index (χ0n) is 22.6. The topological polar surface area (TPSA) is 153 Å². The number of hydrogen-bond donors (Lipinski definition) is 2. The SMILES string of the molecule is CC(=O)O[C@@H](CC(=O)O)[C@@]1(C)[C@H](C(C)(C)O)CC(=O)[C@]2(C)[C@H]1CC[C@@]1(C)[C@H](c3ccoc3)OC(=O)[C@H]3O[C@]312. The predicted octanol–water partition coefficient (Wildman–Crippen LogP) is 3.21. The van der Waals surface area contributed by atoms with E-state index in [2.05, 4.69) is 0 Å². The summed E-state index contributed by atoms with van der Waals surface area (Å²) < 4.78 is 23.1. The van der Waals surface area contributed by atoms with Gasteiger partial charge in [-0.2, -0.15) is 0 Å². The number of aliphatic hydroxyl groups is 1. The highest BCUT2D eigenvalue weighted by molar-refractivity contribution is 5.93. The molecule has 0 bridgehead atoms. The minimum Gasteiger partial charge on any atom is -0.481 e. The molecule has 0 amide bonds. The molecule has 38 heavy (non-hydrogen) atoms. The first kappa shape index (κ1) is 26.9. The van der Waals surface area contributed by atoms with E-state index >= 15 is 0 Å². The largest absolute Gasteiger partial charge is 0.481 e. The zero-order chi connectivity index (χ0) is 28.1. The van der Waals surface area contributed by atoms with Gasteiger partial charge in [-0.05, 0) is 45.6 Å². The number of epoxide rings is 1. The minimum absolute atomic E-state index is 0.0935. The summed E-state index contributed by atoms with van der Waals surface area (Å²) >= 11 is 0. The van der Waals surface area contributed by atoms with E-state index in [-0.39, 0.29) is 12.2 Å². The van der Waals surface area contributed by atoms with Gasteiger partial charge in [0.05, 0.1) is 30.0 Å². The molecule has 9 atom stereocenters. The van der Waals surface area contributed by atoms with Gasteiger partial charge in [-0.15, -0.1) is 0 Å². The van der Waals surface area contributed by atoms with E-state index in [0.29, 0.717) is 18.4 Å². The first-order valence-corrected chi connectivity index (χ1v) is 13.1. The Hall–Kier alpha value is -2.72. The van der Waals surface area contributed by atoms with Gasteiger partial charge in [0.1, 0.15) is 23.6 Å². The highest BCUT2D eigenvalue weighted by Crippen LogP contribution is 2.78. The molecule has 0 unspecified atom stereocenters. The molecule has 4 aliphatic rings. The lowest BCUT2D eigenvalue weighted by molar-refractivity contribution is -0.240. The lowest BCUT2D eigenvalue weighted by Crippen LogP contribution is -2.73. The molecule has 3 heterocycles. The molecule has 10 heteroatoms. The first-order chi connectivity index (χ1) is 17.5. The van der Waals surface area contributed by atoms with Gasteiger partial charge < -0.3 is 28.8 Å². The Kier molecular flexibility index (Phi) is 5.76. The molecular weight excluding hydrogens is 496 g/mol. The van der Waals surface area contributed by atoms with Crippen LogP contribution in [0.5, 0.6) is 0 Å². The fraction of sp³-hybridized carbons (Fsp3) is 0.714. The quantitative estimate of drug-likeness (QED) is 0.412. The van der Waals surface area contributed by atoms with Crippen molar-refractivity contribution in [1.82, 2.24) is 0 Å². The van der Waals surface area contributed by atoms with Gasteiger partial charge >= 0.3 is 17.9 Å². The summed E-state index contributed by atoms with van der Waals surface area (Å²) in [7, 11) is 0. The van der Waals surface area contributed by atoms with E-state index in [1.54, 1.807) is 26.8 Å². The van der Waals surface area contributed by atoms with E-state index in [1.165, 1.54) is 19.5 Å². The molecule has 0 aromatic carbocycles. The molecule has 10 nitrogen and oxygen atoms in total. The van der Waals surface area contributed by atoms with Crippen molar-refractivity contribution in [2.24, 2.45) is 28.1 Å². The lowest BCUT2D eigenvalue weighted by atomic mass is 9.37. The number of ketones is 1. The molecule has 0 radical (unpaired) electrons. The van der Waals surface area contributed by atoms with E-state index in [9.17, 15) is 29.4 Å². The van der Waals surface area contributed by atoms with Crippen LogP contribution in [0.15, 0.2) is 23.0 Å². The summed E-state index contributed by atoms with van der Waals surface area (Å²) in [4.78, 5) is 51.7. The molecule has 1 spiro atoms. The number of esters is 2. The average Bonchev–Trinajstić information content (AvgIpc) is 3.37. The number of carboxylic acid groups (broad SMARTS) is 1. The summed E-state index contributed by atoms with van der Waals surface area (Å²) in [5.74, 6) is -3.82. The molecule has 2 saturated heterocycles. The predicted molar refractivity (Wildman–Crippen MR) is 129 cm³/mol. The standard InChI is InChI=1S/C28H36O10/c1-14(29)36-19(12-20(31)32)26(5)16-7-9-25(4)21(15-8-10-35-13-15)37-23(33)22-28(25,38-22)27(16,6)18(30)11-17(26)24(2,3)34/h8,10,13,16-17,19,21-22,34H,7,9,11-12H2,1-6H3,(H,31,32)/t16-,17-,19-,21-,22+,25-,26+,27-,28+/m0/s1. The Balaban J connectivity index is 1.70. The van der Waals surface area contributed by atoms with Gasteiger partial charge in [-0.1, -0.05) is 13.8 Å². The molecule has 2 aliphatic carbocycles. The van der Waals surface area contributed by atoms with Crippen LogP contribution < -0.4 is 0 Å². The molecule has 2 aliphatic heterocycles. The Labute approximate surface area is 221 Å². The van der Waals surface area contributed by atoms with Crippen molar-refractivity contribution in [2.45, 2.75) is 96.7 Å². The van der Waals surface area contributed by atoms with Crippen LogP contribution in [0.4, 0.5) is 0 Å². The van der Waals surface area contributed by atoms with Gasteiger partial charge in [0.15, 0.2) is 6.10 Å². The van der Waals surface area contributed by atoms with Gasteiger partial charge in [-0.25, -0.2) is 4.79 Å². The van der Waals surface area contributed by atoms with Gasteiger partial charge in [-0.3, -0.25) is 14.4 Å². The molecule has 208 valence electrons. The van der Waals surface area contributed by atoms with Crippen LogP contribution >= 0.6 is 0 Å². The second kappa shape index (κ2) is 8.14. The van der Waals surface area contributed by atoms with Crippen molar-refractivity contribution in [2.75, 3.05) is 0 Å². The average molecular weight is 533 g/mol. The Morgan fingerprint density at radius 1 is 1.21 bits per heavy atom. The molecular formula is C28H36O10. The molecule has 4 fully saturated rings. The summed E-state index contributed by atoms with van der Waals surface area (Å²) in [6.07, 6.45) is 0.567. The number of rotatable bonds is 6. The molecule has 1 aromatic rings.